The quantitative estimate of drug-likeness (QED) is 0.892. The van der Waals surface area contributed by atoms with Crippen molar-refractivity contribution in [3.8, 4) is 17.0 Å². The van der Waals surface area contributed by atoms with Crippen LogP contribution in [0.3, 0.4) is 0 Å². The molecule has 2 rings (SSSR count). The summed E-state index contributed by atoms with van der Waals surface area (Å²) >= 11 is 6.22. The summed E-state index contributed by atoms with van der Waals surface area (Å²) in [6.45, 7) is 3.84. The Labute approximate surface area is 104 Å². The fraction of sp³-hybridized carbons (Fsp3) is 0.250. The number of oxazole rings is 1. The van der Waals surface area contributed by atoms with E-state index in [1.165, 1.54) is 6.26 Å². The van der Waals surface area contributed by atoms with Crippen molar-refractivity contribution in [2.75, 3.05) is 12.8 Å². The van der Waals surface area contributed by atoms with Gasteiger partial charge in [0.05, 0.1) is 12.7 Å². The van der Waals surface area contributed by atoms with E-state index >= 15 is 0 Å². The fourth-order valence-corrected chi connectivity index (χ4v) is 1.95. The van der Waals surface area contributed by atoms with Crippen molar-refractivity contribution >= 4 is 17.6 Å². The molecule has 17 heavy (non-hydrogen) atoms. The van der Waals surface area contributed by atoms with Crippen molar-refractivity contribution in [2.24, 2.45) is 0 Å². The standard InChI is InChI=1S/C12H13ClN2O2/c1-6-4-9(16-3)10(7(2)11(6)13)8-5-17-12(14)15-8/h4-5H,1-3H3,(H2,14,15). The minimum absolute atomic E-state index is 0.123. The number of nitrogens with two attached hydrogens (primary N) is 1. The van der Waals surface area contributed by atoms with Crippen LogP contribution in [0.1, 0.15) is 11.1 Å². The van der Waals surface area contributed by atoms with Crippen LogP contribution in [0.25, 0.3) is 11.3 Å². The number of aryl methyl sites for hydroxylation is 1. The minimum Gasteiger partial charge on any atom is -0.496 e. The molecule has 0 aliphatic heterocycles. The summed E-state index contributed by atoms with van der Waals surface area (Å²) in [5.41, 5.74) is 8.77. The van der Waals surface area contributed by atoms with Crippen LogP contribution < -0.4 is 10.5 Å². The van der Waals surface area contributed by atoms with E-state index < -0.39 is 0 Å². The summed E-state index contributed by atoms with van der Waals surface area (Å²) in [6.07, 6.45) is 1.49. The van der Waals surface area contributed by atoms with E-state index in [-0.39, 0.29) is 6.01 Å². The largest absolute Gasteiger partial charge is 0.496 e. The molecule has 0 atom stereocenters. The number of nitrogen functional groups attached to an aromatic ring is 1. The molecule has 0 spiro atoms. The van der Waals surface area contributed by atoms with E-state index in [0.717, 1.165) is 16.7 Å². The predicted molar refractivity (Wildman–Crippen MR) is 67.4 cm³/mol. The molecule has 2 aromatic rings. The number of benzene rings is 1. The lowest BCUT2D eigenvalue weighted by Crippen LogP contribution is -1.95. The Morgan fingerprint density at radius 3 is 2.65 bits per heavy atom. The Morgan fingerprint density at radius 2 is 2.12 bits per heavy atom. The maximum atomic E-state index is 6.22. The lowest BCUT2D eigenvalue weighted by atomic mass is 10.0. The SMILES string of the molecule is COc1cc(C)c(Cl)c(C)c1-c1coc(N)n1. The summed E-state index contributed by atoms with van der Waals surface area (Å²) in [6, 6.07) is 1.99. The average Bonchev–Trinajstić information content (AvgIpc) is 2.71. The number of hydrogen-bond acceptors (Lipinski definition) is 4. The van der Waals surface area contributed by atoms with Crippen molar-refractivity contribution in [1.29, 1.82) is 0 Å². The number of hydrogen-bond donors (Lipinski definition) is 1. The normalized spacial score (nSPS) is 10.6. The molecule has 2 N–H and O–H groups in total. The first-order valence-corrected chi connectivity index (χ1v) is 5.47. The molecule has 1 aromatic carbocycles. The smallest absolute Gasteiger partial charge is 0.292 e. The first kappa shape index (κ1) is 11.8. The third kappa shape index (κ3) is 1.96. The molecule has 0 unspecified atom stereocenters. The highest BCUT2D eigenvalue weighted by molar-refractivity contribution is 6.32. The van der Waals surface area contributed by atoms with E-state index in [2.05, 4.69) is 4.98 Å². The molecule has 1 heterocycles. The number of nitrogens with zero attached hydrogens (tertiary/aromatic N) is 1. The highest BCUT2D eigenvalue weighted by atomic mass is 35.5. The third-order valence-electron chi connectivity index (χ3n) is 2.64. The molecule has 1 aromatic heterocycles. The number of halogens is 1. The van der Waals surface area contributed by atoms with Gasteiger partial charge in [-0.15, -0.1) is 0 Å². The molecule has 0 saturated carbocycles. The van der Waals surface area contributed by atoms with E-state index in [4.69, 9.17) is 26.5 Å². The predicted octanol–water partition coefficient (Wildman–Crippen LogP) is 3.20. The van der Waals surface area contributed by atoms with Crippen LogP contribution >= 0.6 is 11.6 Å². The molecule has 0 fully saturated rings. The maximum absolute atomic E-state index is 6.22. The van der Waals surface area contributed by atoms with Gasteiger partial charge < -0.3 is 14.9 Å². The van der Waals surface area contributed by atoms with Crippen molar-refractivity contribution in [2.45, 2.75) is 13.8 Å². The maximum Gasteiger partial charge on any atom is 0.292 e. The van der Waals surface area contributed by atoms with E-state index in [1.807, 2.05) is 19.9 Å². The Kier molecular flexibility index (Phi) is 2.98. The first-order chi connectivity index (χ1) is 8.04. The van der Waals surface area contributed by atoms with Gasteiger partial charge in [0.2, 0.25) is 0 Å². The van der Waals surface area contributed by atoms with E-state index in [1.54, 1.807) is 7.11 Å². The van der Waals surface area contributed by atoms with Crippen molar-refractivity contribution < 1.29 is 9.15 Å². The van der Waals surface area contributed by atoms with Crippen LogP contribution in [-0.2, 0) is 0 Å². The Hall–Kier alpha value is -1.68. The van der Waals surface area contributed by atoms with E-state index in [0.29, 0.717) is 16.5 Å². The summed E-state index contributed by atoms with van der Waals surface area (Å²) in [5.74, 6) is 0.706. The van der Waals surface area contributed by atoms with Crippen LogP contribution in [0.5, 0.6) is 5.75 Å². The molecule has 0 aliphatic carbocycles. The zero-order valence-corrected chi connectivity index (χ0v) is 10.6. The Balaban J connectivity index is 2.71. The monoisotopic (exact) mass is 252 g/mol. The van der Waals surface area contributed by atoms with Crippen molar-refractivity contribution in [3.63, 3.8) is 0 Å². The second-order valence-corrected chi connectivity index (χ2v) is 4.16. The van der Waals surface area contributed by atoms with Gasteiger partial charge in [0, 0.05) is 5.02 Å². The lowest BCUT2D eigenvalue weighted by molar-refractivity contribution is 0.415. The number of ether oxygens (including phenoxy) is 1. The Morgan fingerprint density at radius 1 is 1.41 bits per heavy atom. The first-order valence-electron chi connectivity index (χ1n) is 5.09. The third-order valence-corrected chi connectivity index (χ3v) is 3.22. The molecule has 0 aliphatic rings. The summed E-state index contributed by atoms with van der Waals surface area (Å²) in [7, 11) is 1.61. The zero-order valence-electron chi connectivity index (χ0n) is 9.87. The van der Waals surface area contributed by atoms with Crippen LogP contribution in [-0.4, -0.2) is 12.1 Å². The molecule has 90 valence electrons. The van der Waals surface area contributed by atoms with E-state index in [9.17, 15) is 0 Å². The van der Waals surface area contributed by atoms with Crippen LogP contribution in [0.4, 0.5) is 6.01 Å². The molecule has 0 amide bonds. The van der Waals surface area contributed by atoms with Crippen LogP contribution in [0, 0.1) is 13.8 Å². The molecular weight excluding hydrogens is 240 g/mol. The molecule has 0 saturated heterocycles. The van der Waals surface area contributed by atoms with Gasteiger partial charge in [0.25, 0.3) is 6.01 Å². The number of anilines is 1. The van der Waals surface area contributed by atoms with Gasteiger partial charge in [-0.2, -0.15) is 4.98 Å². The number of methoxy groups -OCH3 is 1. The lowest BCUT2D eigenvalue weighted by Gasteiger charge is -2.13. The number of rotatable bonds is 2. The van der Waals surface area contributed by atoms with Crippen LogP contribution in [0.2, 0.25) is 5.02 Å². The summed E-state index contributed by atoms with van der Waals surface area (Å²) in [4.78, 5) is 4.09. The molecule has 5 heteroatoms. The van der Waals surface area contributed by atoms with Gasteiger partial charge >= 0.3 is 0 Å². The molecular formula is C12H13ClN2O2. The van der Waals surface area contributed by atoms with Crippen LogP contribution in [0.15, 0.2) is 16.7 Å². The Bertz CT molecular complexity index is 564. The highest BCUT2D eigenvalue weighted by Gasteiger charge is 2.17. The summed E-state index contributed by atoms with van der Waals surface area (Å²) in [5, 5.41) is 0.697. The topological polar surface area (TPSA) is 61.3 Å². The van der Waals surface area contributed by atoms with Gasteiger partial charge in [0.15, 0.2) is 0 Å². The fourth-order valence-electron chi connectivity index (χ4n) is 1.80. The van der Waals surface area contributed by atoms with Crippen molar-refractivity contribution in [1.82, 2.24) is 4.98 Å². The average molecular weight is 253 g/mol. The van der Waals surface area contributed by atoms with Gasteiger partial charge in [-0.05, 0) is 31.0 Å². The van der Waals surface area contributed by atoms with Crippen molar-refractivity contribution in [3.05, 3.63) is 28.5 Å². The molecule has 0 bridgehead atoms. The van der Waals surface area contributed by atoms with Gasteiger partial charge in [-0.1, -0.05) is 11.6 Å². The molecule has 0 radical (unpaired) electrons. The number of aromatic nitrogens is 1. The molecule has 4 nitrogen and oxygen atoms in total. The van der Waals surface area contributed by atoms with Gasteiger partial charge in [-0.3, -0.25) is 0 Å². The summed E-state index contributed by atoms with van der Waals surface area (Å²) < 4.78 is 10.4. The van der Waals surface area contributed by atoms with Gasteiger partial charge in [-0.25, -0.2) is 0 Å². The van der Waals surface area contributed by atoms with Gasteiger partial charge in [0.1, 0.15) is 17.7 Å². The second-order valence-electron chi connectivity index (χ2n) is 3.78. The minimum atomic E-state index is 0.123. The highest BCUT2D eigenvalue weighted by Crippen LogP contribution is 2.38. The second kappa shape index (κ2) is 4.30. The zero-order chi connectivity index (χ0) is 12.6.